The number of ether oxygens (including phenoxy) is 2. The monoisotopic (exact) mass is 391 g/mol. The zero-order chi connectivity index (χ0) is 18.4. The van der Waals surface area contributed by atoms with Gasteiger partial charge in [0.15, 0.2) is 11.5 Å². The molecular weight excluding hydrogens is 373 g/mol. The number of methoxy groups -OCH3 is 1. The van der Waals surface area contributed by atoms with Crippen LogP contribution in [0, 0.1) is 5.82 Å². The second-order valence-electron chi connectivity index (χ2n) is 5.66. The summed E-state index contributed by atoms with van der Waals surface area (Å²) in [5.41, 5.74) is 1.70. The number of hydrogen-bond acceptors (Lipinski definition) is 4. The predicted molar refractivity (Wildman–Crippen MR) is 104 cm³/mol. The molecule has 3 nitrogen and oxygen atoms in total. The summed E-state index contributed by atoms with van der Waals surface area (Å²) in [6.07, 6.45) is 0. The Labute approximate surface area is 161 Å². The van der Waals surface area contributed by atoms with E-state index in [1.807, 2.05) is 24.3 Å². The molecule has 6 heteroatoms. The molecule has 0 aliphatic heterocycles. The standard InChI is InChI=1S/C20H19ClFNO2S/c1-24-19-6-2-4-14(11-23-12-17-5-3-9-26-17)20(19)25-13-15-7-8-16(22)10-18(15)21/h2-10,23H,11-13H2,1H3. The number of rotatable bonds is 8. The zero-order valence-corrected chi connectivity index (χ0v) is 15.9. The number of para-hydroxylation sites is 1. The fourth-order valence-electron chi connectivity index (χ4n) is 2.55. The van der Waals surface area contributed by atoms with Gasteiger partial charge >= 0.3 is 0 Å². The normalized spacial score (nSPS) is 10.7. The van der Waals surface area contributed by atoms with Crippen LogP contribution in [0.15, 0.2) is 53.9 Å². The summed E-state index contributed by atoms with van der Waals surface area (Å²) in [5, 5.41) is 5.82. The molecule has 3 rings (SSSR count). The highest BCUT2D eigenvalue weighted by Crippen LogP contribution is 2.32. The maximum Gasteiger partial charge on any atom is 0.166 e. The van der Waals surface area contributed by atoms with Crippen molar-refractivity contribution >= 4 is 22.9 Å². The second kappa shape index (κ2) is 9.03. The van der Waals surface area contributed by atoms with Gasteiger partial charge in [0.25, 0.3) is 0 Å². The molecule has 1 heterocycles. The van der Waals surface area contributed by atoms with E-state index in [-0.39, 0.29) is 12.4 Å². The minimum absolute atomic E-state index is 0.234. The summed E-state index contributed by atoms with van der Waals surface area (Å²) in [6, 6.07) is 14.2. The molecule has 2 aromatic carbocycles. The van der Waals surface area contributed by atoms with Gasteiger partial charge in [-0.1, -0.05) is 35.9 Å². The molecule has 3 aromatic rings. The van der Waals surface area contributed by atoms with E-state index < -0.39 is 0 Å². The van der Waals surface area contributed by atoms with Gasteiger partial charge in [-0.15, -0.1) is 11.3 Å². The van der Waals surface area contributed by atoms with Crippen molar-refractivity contribution in [3.05, 3.63) is 80.8 Å². The Balaban J connectivity index is 1.71. The summed E-state index contributed by atoms with van der Waals surface area (Å²) in [5.74, 6) is 0.947. The lowest BCUT2D eigenvalue weighted by atomic mass is 10.1. The third kappa shape index (κ3) is 4.75. The number of thiophene rings is 1. The molecule has 0 aliphatic rings. The smallest absolute Gasteiger partial charge is 0.166 e. The first-order valence-electron chi connectivity index (χ1n) is 8.13. The van der Waals surface area contributed by atoms with Gasteiger partial charge in [-0.05, 0) is 29.6 Å². The maximum absolute atomic E-state index is 13.2. The van der Waals surface area contributed by atoms with Crippen molar-refractivity contribution in [2.45, 2.75) is 19.7 Å². The molecule has 0 amide bonds. The zero-order valence-electron chi connectivity index (χ0n) is 14.3. The Morgan fingerprint density at radius 2 is 1.96 bits per heavy atom. The predicted octanol–water partition coefficient (Wildman–Crippen LogP) is 5.42. The van der Waals surface area contributed by atoms with Crippen LogP contribution in [0.1, 0.15) is 16.0 Å². The number of halogens is 2. The van der Waals surface area contributed by atoms with E-state index in [2.05, 4.69) is 16.8 Å². The summed E-state index contributed by atoms with van der Waals surface area (Å²) < 4.78 is 24.6. The number of nitrogens with one attached hydrogen (secondary N) is 1. The Morgan fingerprint density at radius 1 is 1.08 bits per heavy atom. The summed E-state index contributed by atoms with van der Waals surface area (Å²) in [7, 11) is 1.61. The first-order valence-corrected chi connectivity index (χ1v) is 9.39. The van der Waals surface area contributed by atoms with E-state index >= 15 is 0 Å². The van der Waals surface area contributed by atoms with Crippen LogP contribution in [0.5, 0.6) is 11.5 Å². The molecule has 0 bridgehead atoms. The highest BCUT2D eigenvalue weighted by Gasteiger charge is 2.12. The summed E-state index contributed by atoms with van der Waals surface area (Å²) >= 11 is 7.80. The van der Waals surface area contributed by atoms with Gasteiger partial charge in [0.05, 0.1) is 12.1 Å². The van der Waals surface area contributed by atoms with Gasteiger partial charge < -0.3 is 14.8 Å². The van der Waals surface area contributed by atoms with Crippen molar-refractivity contribution in [1.82, 2.24) is 5.32 Å². The largest absolute Gasteiger partial charge is 0.493 e. The van der Waals surface area contributed by atoms with Crippen LogP contribution in [0.2, 0.25) is 5.02 Å². The lowest BCUT2D eigenvalue weighted by Gasteiger charge is -2.16. The number of benzene rings is 2. The average Bonchev–Trinajstić information content (AvgIpc) is 3.15. The fraction of sp³-hybridized carbons (Fsp3) is 0.200. The van der Waals surface area contributed by atoms with Gasteiger partial charge in [0.2, 0.25) is 0 Å². The van der Waals surface area contributed by atoms with Crippen molar-refractivity contribution in [1.29, 1.82) is 0 Å². The van der Waals surface area contributed by atoms with E-state index in [4.69, 9.17) is 21.1 Å². The van der Waals surface area contributed by atoms with Crippen LogP contribution < -0.4 is 14.8 Å². The van der Waals surface area contributed by atoms with Gasteiger partial charge in [0, 0.05) is 29.1 Å². The Bertz CT molecular complexity index is 855. The van der Waals surface area contributed by atoms with E-state index in [9.17, 15) is 4.39 Å². The molecule has 0 spiro atoms. The molecule has 0 atom stereocenters. The van der Waals surface area contributed by atoms with Gasteiger partial charge in [-0.3, -0.25) is 0 Å². The molecule has 136 valence electrons. The molecule has 0 unspecified atom stereocenters. The topological polar surface area (TPSA) is 30.5 Å². The molecule has 1 N–H and O–H groups in total. The van der Waals surface area contributed by atoms with Crippen molar-refractivity contribution in [3.63, 3.8) is 0 Å². The molecule has 0 saturated carbocycles. The van der Waals surface area contributed by atoms with Crippen LogP contribution in [-0.4, -0.2) is 7.11 Å². The molecule has 26 heavy (non-hydrogen) atoms. The molecule has 1 aromatic heterocycles. The fourth-order valence-corrected chi connectivity index (χ4v) is 3.44. The van der Waals surface area contributed by atoms with Crippen molar-refractivity contribution < 1.29 is 13.9 Å². The van der Waals surface area contributed by atoms with E-state index in [0.717, 1.165) is 17.7 Å². The third-order valence-corrected chi connectivity index (χ3v) is 5.09. The SMILES string of the molecule is COc1cccc(CNCc2cccs2)c1OCc1ccc(F)cc1Cl. The van der Waals surface area contributed by atoms with Crippen LogP contribution in [-0.2, 0) is 19.7 Å². The minimum atomic E-state index is -0.366. The van der Waals surface area contributed by atoms with E-state index in [0.29, 0.717) is 23.1 Å². The van der Waals surface area contributed by atoms with E-state index in [1.165, 1.54) is 17.0 Å². The summed E-state index contributed by atoms with van der Waals surface area (Å²) in [4.78, 5) is 1.27. The van der Waals surface area contributed by atoms with Crippen LogP contribution in [0.3, 0.4) is 0 Å². The molecule has 0 saturated heterocycles. The highest BCUT2D eigenvalue weighted by atomic mass is 35.5. The van der Waals surface area contributed by atoms with E-state index in [1.54, 1.807) is 24.5 Å². The molecular formula is C20H19ClFNO2S. The van der Waals surface area contributed by atoms with Crippen LogP contribution >= 0.6 is 22.9 Å². The average molecular weight is 392 g/mol. The van der Waals surface area contributed by atoms with Crippen molar-refractivity contribution in [3.8, 4) is 11.5 Å². The quantitative estimate of drug-likeness (QED) is 0.556. The van der Waals surface area contributed by atoms with Crippen LogP contribution in [0.25, 0.3) is 0 Å². The summed E-state index contributed by atoms with van der Waals surface area (Å²) in [6.45, 7) is 1.66. The number of hydrogen-bond donors (Lipinski definition) is 1. The van der Waals surface area contributed by atoms with Gasteiger partial charge in [0.1, 0.15) is 12.4 Å². The molecule has 0 aliphatic carbocycles. The first kappa shape index (κ1) is 18.7. The first-order chi connectivity index (χ1) is 12.7. The third-order valence-electron chi connectivity index (χ3n) is 3.86. The van der Waals surface area contributed by atoms with Gasteiger partial charge in [-0.25, -0.2) is 4.39 Å². The van der Waals surface area contributed by atoms with Crippen LogP contribution in [0.4, 0.5) is 4.39 Å². The maximum atomic E-state index is 13.2. The highest BCUT2D eigenvalue weighted by molar-refractivity contribution is 7.09. The Morgan fingerprint density at radius 3 is 2.69 bits per heavy atom. The lowest BCUT2D eigenvalue weighted by molar-refractivity contribution is 0.280. The molecule has 0 fully saturated rings. The lowest BCUT2D eigenvalue weighted by Crippen LogP contribution is -2.13. The second-order valence-corrected chi connectivity index (χ2v) is 7.10. The van der Waals surface area contributed by atoms with Gasteiger partial charge in [-0.2, -0.15) is 0 Å². The molecule has 0 radical (unpaired) electrons. The Kier molecular flexibility index (Phi) is 6.50. The minimum Gasteiger partial charge on any atom is -0.493 e. The Hall–Kier alpha value is -2.08. The van der Waals surface area contributed by atoms with Crippen molar-refractivity contribution in [2.75, 3.05) is 7.11 Å². The van der Waals surface area contributed by atoms with Crippen molar-refractivity contribution in [2.24, 2.45) is 0 Å².